The van der Waals surface area contributed by atoms with Gasteiger partial charge in [0.25, 0.3) is 0 Å². The van der Waals surface area contributed by atoms with Crippen molar-refractivity contribution < 1.29 is 13.9 Å². The molecule has 0 saturated carbocycles. The van der Waals surface area contributed by atoms with Crippen molar-refractivity contribution in [1.82, 2.24) is 9.78 Å². The fourth-order valence-corrected chi connectivity index (χ4v) is 1.40. The summed E-state index contributed by atoms with van der Waals surface area (Å²) in [5, 5.41) is 9.13. The molecule has 80 valence electrons. The van der Waals surface area contributed by atoms with Crippen molar-refractivity contribution in [2.45, 2.75) is 25.0 Å². The van der Waals surface area contributed by atoms with Crippen LogP contribution in [0.2, 0.25) is 5.02 Å². The van der Waals surface area contributed by atoms with Gasteiger partial charge in [0, 0.05) is 6.54 Å². The molecule has 0 aliphatic heterocycles. The molecule has 1 aromatic heterocycles. The van der Waals surface area contributed by atoms with Crippen LogP contribution >= 0.6 is 23.2 Å². The van der Waals surface area contributed by atoms with E-state index in [1.165, 1.54) is 10.9 Å². The van der Waals surface area contributed by atoms with Gasteiger partial charge in [-0.05, 0) is 18.5 Å². The highest BCUT2D eigenvalue weighted by Crippen LogP contribution is 2.37. The van der Waals surface area contributed by atoms with Gasteiger partial charge in [-0.2, -0.15) is 13.9 Å². The second kappa shape index (κ2) is 4.00. The van der Waals surface area contributed by atoms with Crippen LogP contribution in [-0.2, 0) is 6.54 Å². The van der Waals surface area contributed by atoms with E-state index in [2.05, 4.69) is 5.10 Å². The van der Waals surface area contributed by atoms with Gasteiger partial charge in [0.1, 0.15) is 0 Å². The summed E-state index contributed by atoms with van der Waals surface area (Å²) in [6, 6.07) is 0. The van der Waals surface area contributed by atoms with E-state index < -0.39 is 11.5 Å². The van der Waals surface area contributed by atoms with Crippen LogP contribution in [0.25, 0.3) is 0 Å². The maximum atomic E-state index is 12.6. The second-order valence-electron chi connectivity index (χ2n) is 2.64. The quantitative estimate of drug-likeness (QED) is 0.830. The van der Waals surface area contributed by atoms with Crippen LogP contribution in [0, 0.1) is 0 Å². The van der Waals surface area contributed by atoms with Crippen LogP contribution in [0.4, 0.5) is 8.78 Å². The monoisotopic (exact) mass is 244 g/mol. The molecule has 0 radical (unpaired) electrons. The molecular formula is C7H8Cl2F2N2O. The molecule has 14 heavy (non-hydrogen) atoms. The van der Waals surface area contributed by atoms with Gasteiger partial charge in [-0.1, -0.05) is 11.6 Å². The number of nitrogens with zero attached hydrogens (tertiary/aromatic N) is 2. The SMILES string of the molecule is CCn1ncc(Cl)c1C(O)C(F)(F)Cl. The van der Waals surface area contributed by atoms with E-state index in [0.29, 0.717) is 6.54 Å². The molecule has 0 saturated heterocycles. The molecule has 0 amide bonds. The Kier molecular flexibility index (Phi) is 3.34. The van der Waals surface area contributed by atoms with Crippen molar-refractivity contribution in [2.75, 3.05) is 0 Å². The fraction of sp³-hybridized carbons (Fsp3) is 0.571. The summed E-state index contributed by atoms with van der Waals surface area (Å²) < 4.78 is 26.4. The summed E-state index contributed by atoms with van der Waals surface area (Å²) in [4.78, 5) is 0. The van der Waals surface area contributed by atoms with Crippen LogP contribution < -0.4 is 0 Å². The summed E-state index contributed by atoms with van der Waals surface area (Å²) in [5.74, 6) is 0. The van der Waals surface area contributed by atoms with E-state index in [1.54, 1.807) is 6.92 Å². The molecule has 1 heterocycles. The molecule has 0 aliphatic carbocycles. The smallest absolute Gasteiger partial charge is 0.352 e. The number of aromatic nitrogens is 2. The Bertz CT molecular complexity index is 324. The third-order valence-corrected chi connectivity index (χ3v) is 2.20. The molecule has 1 atom stereocenters. The summed E-state index contributed by atoms with van der Waals surface area (Å²) in [6.45, 7) is 2.01. The van der Waals surface area contributed by atoms with E-state index in [1.807, 2.05) is 0 Å². The Hall–Kier alpha value is -0.390. The number of aliphatic hydroxyl groups excluding tert-OH is 1. The lowest BCUT2D eigenvalue weighted by atomic mass is 10.2. The standard InChI is InChI=1S/C7H8Cl2F2N2O/c1-2-13-5(4(8)3-12-13)6(14)7(9,10)11/h3,6,14H,2H2,1H3. The predicted octanol–water partition coefficient (Wildman–Crippen LogP) is 2.42. The zero-order chi connectivity index (χ0) is 10.9. The first-order chi connectivity index (χ1) is 6.38. The van der Waals surface area contributed by atoms with Crippen molar-refractivity contribution in [1.29, 1.82) is 0 Å². The normalized spacial score (nSPS) is 14.4. The first-order valence-corrected chi connectivity index (χ1v) is 4.59. The first kappa shape index (κ1) is 11.7. The lowest BCUT2D eigenvalue weighted by molar-refractivity contribution is -0.0466. The zero-order valence-corrected chi connectivity index (χ0v) is 8.73. The lowest BCUT2D eigenvalue weighted by Gasteiger charge is -2.17. The minimum atomic E-state index is -3.75. The van der Waals surface area contributed by atoms with Crippen LogP contribution in [0.1, 0.15) is 18.7 Å². The van der Waals surface area contributed by atoms with Gasteiger partial charge >= 0.3 is 5.38 Å². The average Bonchev–Trinajstić information content (AvgIpc) is 2.43. The predicted molar refractivity (Wildman–Crippen MR) is 48.7 cm³/mol. The Labute approximate surface area is 89.2 Å². The van der Waals surface area contributed by atoms with E-state index in [-0.39, 0.29) is 10.7 Å². The van der Waals surface area contributed by atoms with Crippen LogP contribution in [0.3, 0.4) is 0 Å². The minimum Gasteiger partial charge on any atom is -0.379 e. The molecule has 7 heteroatoms. The van der Waals surface area contributed by atoms with Gasteiger partial charge in [-0.15, -0.1) is 0 Å². The molecule has 0 fully saturated rings. The molecule has 0 aromatic carbocycles. The van der Waals surface area contributed by atoms with Crippen molar-refractivity contribution in [3.05, 3.63) is 16.9 Å². The van der Waals surface area contributed by atoms with Crippen LogP contribution in [0.15, 0.2) is 6.20 Å². The number of hydrogen-bond donors (Lipinski definition) is 1. The number of hydrogen-bond acceptors (Lipinski definition) is 2. The summed E-state index contributed by atoms with van der Waals surface area (Å²) in [6.07, 6.45) is -0.967. The molecule has 0 spiro atoms. The summed E-state index contributed by atoms with van der Waals surface area (Å²) >= 11 is 10.3. The molecule has 1 aromatic rings. The second-order valence-corrected chi connectivity index (χ2v) is 3.55. The Morgan fingerprint density at radius 3 is 2.71 bits per heavy atom. The fourth-order valence-electron chi connectivity index (χ4n) is 1.05. The van der Waals surface area contributed by atoms with E-state index in [0.717, 1.165) is 0 Å². The van der Waals surface area contributed by atoms with Gasteiger partial charge in [-0.3, -0.25) is 4.68 Å². The number of alkyl halides is 3. The Morgan fingerprint density at radius 2 is 2.29 bits per heavy atom. The number of aryl methyl sites for hydroxylation is 1. The van der Waals surface area contributed by atoms with Crippen LogP contribution in [0.5, 0.6) is 0 Å². The lowest BCUT2D eigenvalue weighted by Crippen LogP contribution is -2.22. The molecule has 3 nitrogen and oxygen atoms in total. The third kappa shape index (κ3) is 2.16. The molecule has 1 unspecified atom stereocenters. The van der Waals surface area contributed by atoms with E-state index >= 15 is 0 Å². The number of rotatable bonds is 3. The maximum Gasteiger partial charge on any atom is 0.352 e. The largest absolute Gasteiger partial charge is 0.379 e. The minimum absolute atomic E-state index is 0.0281. The average molecular weight is 245 g/mol. The highest BCUT2D eigenvalue weighted by Gasteiger charge is 2.40. The molecule has 0 bridgehead atoms. The van der Waals surface area contributed by atoms with E-state index in [9.17, 15) is 13.9 Å². The molecular weight excluding hydrogens is 237 g/mol. The van der Waals surface area contributed by atoms with Crippen molar-refractivity contribution in [2.24, 2.45) is 0 Å². The third-order valence-electron chi connectivity index (χ3n) is 1.70. The molecule has 1 N–H and O–H groups in total. The summed E-state index contributed by atoms with van der Waals surface area (Å²) in [7, 11) is 0. The van der Waals surface area contributed by atoms with E-state index in [4.69, 9.17) is 23.2 Å². The summed E-state index contributed by atoms with van der Waals surface area (Å²) in [5.41, 5.74) is -0.172. The molecule has 0 aliphatic rings. The number of aliphatic hydroxyl groups is 1. The van der Waals surface area contributed by atoms with Crippen molar-refractivity contribution >= 4 is 23.2 Å². The van der Waals surface area contributed by atoms with Gasteiger partial charge < -0.3 is 5.11 Å². The highest BCUT2D eigenvalue weighted by atomic mass is 35.5. The van der Waals surface area contributed by atoms with Crippen molar-refractivity contribution in [3.8, 4) is 0 Å². The van der Waals surface area contributed by atoms with Gasteiger partial charge in [0.2, 0.25) is 0 Å². The molecule has 1 rings (SSSR count). The topological polar surface area (TPSA) is 38.0 Å². The zero-order valence-electron chi connectivity index (χ0n) is 7.22. The maximum absolute atomic E-state index is 12.6. The highest BCUT2D eigenvalue weighted by molar-refractivity contribution is 6.31. The van der Waals surface area contributed by atoms with Crippen molar-refractivity contribution in [3.63, 3.8) is 0 Å². The van der Waals surface area contributed by atoms with Gasteiger partial charge in [0.05, 0.1) is 16.9 Å². The number of halogens is 4. The van der Waals surface area contributed by atoms with Crippen LogP contribution in [-0.4, -0.2) is 20.3 Å². The Morgan fingerprint density at radius 1 is 1.71 bits per heavy atom. The van der Waals surface area contributed by atoms with Gasteiger partial charge in [0.15, 0.2) is 6.10 Å². The Balaban J connectivity index is 3.11. The first-order valence-electron chi connectivity index (χ1n) is 3.84. The van der Waals surface area contributed by atoms with Gasteiger partial charge in [-0.25, -0.2) is 0 Å².